The Labute approximate surface area is 133 Å². The fourth-order valence-corrected chi connectivity index (χ4v) is 3.24. The second kappa shape index (κ2) is 6.37. The van der Waals surface area contributed by atoms with E-state index < -0.39 is 10.0 Å². The minimum atomic E-state index is -3.45. The van der Waals surface area contributed by atoms with Crippen molar-refractivity contribution in [2.45, 2.75) is 6.92 Å². The highest BCUT2D eigenvalue weighted by molar-refractivity contribution is 7.92. The lowest BCUT2D eigenvalue weighted by molar-refractivity contribution is 0.103. The number of carbonyl (C=O) groups excluding carboxylic acids is 1. The van der Waals surface area contributed by atoms with E-state index in [4.69, 9.17) is 4.74 Å². The number of rotatable bonds is 5. The molecule has 1 heterocycles. The van der Waals surface area contributed by atoms with Crippen LogP contribution in [0.4, 0.5) is 11.4 Å². The lowest BCUT2D eigenvalue weighted by atomic mass is 10.2. The Morgan fingerprint density at radius 2 is 2.00 bits per heavy atom. The Balaban J connectivity index is 2.27. The molecule has 1 aromatic carbocycles. The van der Waals surface area contributed by atoms with E-state index in [9.17, 15) is 13.2 Å². The normalized spacial score (nSPS) is 11.0. The third-order valence-electron chi connectivity index (χ3n) is 2.82. The lowest BCUT2D eigenvalue weighted by Crippen LogP contribution is -2.13. The number of anilines is 2. The molecule has 0 unspecified atom stereocenters. The first-order valence-corrected chi connectivity index (χ1v) is 9.08. The molecule has 0 radical (unpaired) electrons. The molecule has 0 atom stereocenters. The van der Waals surface area contributed by atoms with Crippen LogP contribution in [-0.4, -0.2) is 27.7 Å². The van der Waals surface area contributed by atoms with E-state index in [0.717, 1.165) is 11.8 Å². The number of carbonyl (C=O) groups is 1. The van der Waals surface area contributed by atoms with Crippen LogP contribution >= 0.6 is 11.3 Å². The molecule has 118 valence electrons. The van der Waals surface area contributed by atoms with Crippen LogP contribution < -0.4 is 14.8 Å². The van der Waals surface area contributed by atoms with Gasteiger partial charge in [-0.05, 0) is 42.1 Å². The van der Waals surface area contributed by atoms with Gasteiger partial charge in [0.1, 0.15) is 5.75 Å². The summed E-state index contributed by atoms with van der Waals surface area (Å²) in [7, 11) is -2.01. The molecule has 0 fully saturated rings. The van der Waals surface area contributed by atoms with Gasteiger partial charge in [0.05, 0.1) is 23.9 Å². The van der Waals surface area contributed by atoms with E-state index in [2.05, 4.69) is 10.0 Å². The highest BCUT2D eigenvalue weighted by Gasteiger charge is 2.13. The molecule has 1 aromatic heterocycles. The lowest BCUT2D eigenvalue weighted by Gasteiger charge is -2.12. The summed E-state index contributed by atoms with van der Waals surface area (Å²) >= 11 is 1.35. The van der Waals surface area contributed by atoms with Gasteiger partial charge in [0, 0.05) is 5.69 Å². The SMILES string of the molecule is COc1ccc(NC(=O)c2sccc2C)cc1NS(C)(=O)=O. The Bertz CT molecular complexity index is 797. The summed E-state index contributed by atoms with van der Waals surface area (Å²) in [6, 6.07) is 6.61. The van der Waals surface area contributed by atoms with Gasteiger partial charge in [-0.15, -0.1) is 11.3 Å². The van der Waals surface area contributed by atoms with Gasteiger partial charge in [0.25, 0.3) is 5.91 Å². The number of aryl methyl sites for hydroxylation is 1. The monoisotopic (exact) mass is 340 g/mol. The molecule has 2 rings (SSSR count). The molecule has 2 aromatic rings. The summed E-state index contributed by atoms with van der Waals surface area (Å²) in [5, 5.41) is 4.59. The Hall–Kier alpha value is -2.06. The first-order valence-electron chi connectivity index (χ1n) is 6.31. The average Bonchev–Trinajstić information content (AvgIpc) is 2.83. The molecular weight excluding hydrogens is 324 g/mol. The standard InChI is InChI=1S/C14H16N2O4S2/c1-9-6-7-21-13(9)14(17)15-10-4-5-12(20-2)11(8-10)16-22(3,18)19/h4-8,16H,1-3H3,(H,15,17). The van der Waals surface area contributed by atoms with Crippen molar-refractivity contribution in [2.24, 2.45) is 0 Å². The maximum absolute atomic E-state index is 12.2. The molecule has 1 amide bonds. The number of thiophene rings is 1. The second-order valence-electron chi connectivity index (χ2n) is 4.68. The number of hydrogen-bond acceptors (Lipinski definition) is 5. The summed E-state index contributed by atoms with van der Waals surface area (Å²) < 4.78 is 30.2. The Kier molecular flexibility index (Phi) is 4.72. The summed E-state index contributed by atoms with van der Waals surface area (Å²) in [6.07, 6.45) is 1.05. The molecule has 0 saturated heterocycles. The van der Waals surface area contributed by atoms with Crippen molar-refractivity contribution in [1.82, 2.24) is 0 Å². The van der Waals surface area contributed by atoms with E-state index in [1.54, 1.807) is 12.1 Å². The molecule has 0 spiro atoms. The minimum absolute atomic E-state index is 0.233. The van der Waals surface area contributed by atoms with Gasteiger partial charge < -0.3 is 10.1 Å². The number of methoxy groups -OCH3 is 1. The highest BCUT2D eigenvalue weighted by Crippen LogP contribution is 2.29. The van der Waals surface area contributed by atoms with Crippen molar-refractivity contribution in [1.29, 1.82) is 0 Å². The third-order valence-corrected chi connectivity index (χ3v) is 4.43. The summed E-state index contributed by atoms with van der Waals surface area (Å²) in [5.74, 6) is 0.138. The van der Waals surface area contributed by atoms with Crippen LogP contribution in [0.1, 0.15) is 15.2 Å². The maximum atomic E-state index is 12.2. The van der Waals surface area contributed by atoms with Crippen LogP contribution in [-0.2, 0) is 10.0 Å². The van der Waals surface area contributed by atoms with Gasteiger partial charge >= 0.3 is 0 Å². The van der Waals surface area contributed by atoms with E-state index in [1.165, 1.54) is 24.5 Å². The fourth-order valence-electron chi connectivity index (χ4n) is 1.86. The van der Waals surface area contributed by atoms with Crippen LogP contribution in [0.5, 0.6) is 5.75 Å². The zero-order valence-electron chi connectivity index (χ0n) is 12.3. The Morgan fingerprint density at radius 3 is 2.55 bits per heavy atom. The molecule has 0 aliphatic rings. The van der Waals surface area contributed by atoms with Crippen molar-refractivity contribution in [2.75, 3.05) is 23.4 Å². The van der Waals surface area contributed by atoms with Crippen molar-refractivity contribution >= 4 is 38.6 Å². The zero-order valence-corrected chi connectivity index (χ0v) is 14.0. The molecule has 8 heteroatoms. The van der Waals surface area contributed by atoms with Gasteiger partial charge in [-0.1, -0.05) is 0 Å². The van der Waals surface area contributed by atoms with Crippen molar-refractivity contribution < 1.29 is 17.9 Å². The summed E-state index contributed by atoms with van der Waals surface area (Å²) in [6.45, 7) is 1.86. The van der Waals surface area contributed by atoms with E-state index in [1.807, 2.05) is 18.4 Å². The molecule has 0 aliphatic heterocycles. The third kappa shape index (κ3) is 3.99. The molecule has 22 heavy (non-hydrogen) atoms. The van der Waals surface area contributed by atoms with Crippen LogP contribution in [0.15, 0.2) is 29.6 Å². The smallest absolute Gasteiger partial charge is 0.265 e. The molecule has 6 nitrogen and oxygen atoms in total. The zero-order chi connectivity index (χ0) is 16.3. The van der Waals surface area contributed by atoms with Gasteiger partial charge in [0.2, 0.25) is 10.0 Å². The minimum Gasteiger partial charge on any atom is -0.495 e. The van der Waals surface area contributed by atoms with Crippen molar-refractivity contribution in [3.63, 3.8) is 0 Å². The van der Waals surface area contributed by atoms with Crippen LogP contribution in [0, 0.1) is 6.92 Å². The number of nitrogens with one attached hydrogen (secondary N) is 2. The van der Waals surface area contributed by atoms with E-state index in [0.29, 0.717) is 16.3 Å². The number of ether oxygens (including phenoxy) is 1. The molecule has 0 bridgehead atoms. The highest BCUT2D eigenvalue weighted by atomic mass is 32.2. The topological polar surface area (TPSA) is 84.5 Å². The molecule has 0 saturated carbocycles. The molecule has 2 N–H and O–H groups in total. The van der Waals surface area contributed by atoms with Crippen LogP contribution in [0.2, 0.25) is 0 Å². The fraction of sp³-hybridized carbons (Fsp3) is 0.214. The number of benzene rings is 1. The maximum Gasteiger partial charge on any atom is 0.265 e. The van der Waals surface area contributed by atoms with E-state index >= 15 is 0 Å². The quantitative estimate of drug-likeness (QED) is 0.876. The molecule has 0 aliphatic carbocycles. The van der Waals surface area contributed by atoms with Gasteiger partial charge in [-0.2, -0.15) is 0 Å². The summed E-state index contributed by atoms with van der Waals surface area (Å²) in [4.78, 5) is 12.8. The largest absolute Gasteiger partial charge is 0.495 e. The summed E-state index contributed by atoms with van der Waals surface area (Å²) in [5.41, 5.74) is 1.64. The van der Waals surface area contributed by atoms with Gasteiger partial charge in [0.15, 0.2) is 0 Å². The first kappa shape index (κ1) is 16.3. The second-order valence-corrected chi connectivity index (χ2v) is 7.34. The number of amides is 1. The first-order chi connectivity index (χ1) is 10.3. The van der Waals surface area contributed by atoms with Gasteiger partial charge in [-0.25, -0.2) is 8.42 Å². The predicted molar refractivity (Wildman–Crippen MR) is 88.5 cm³/mol. The number of sulfonamides is 1. The van der Waals surface area contributed by atoms with Crippen LogP contribution in [0.3, 0.4) is 0 Å². The predicted octanol–water partition coefficient (Wildman–Crippen LogP) is 2.69. The van der Waals surface area contributed by atoms with Crippen molar-refractivity contribution in [3.8, 4) is 5.75 Å². The number of hydrogen-bond donors (Lipinski definition) is 2. The average molecular weight is 340 g/mol. The van der Waals surface area contributed by atoms with E-state index in [-0.39, 0.29) is 11.6 Å². The van der Waals surface area contributed by atoms with Crippen LogP contribution in [0.25, 0.3) is 0 Å². The van der Waals surface area contributed by atoms with Crippen molar-refractivity contribution in [3.05, 3.63) is 40.1 Å². The Morgan fingerprint density at radius 1 is 1.27 bits per heavy atom. The van der Waals surface area contributed by atoms with Gasteiger partial charge in [-0.3, -0.25) is 9.52 Å². The molecular formula is C14H16N2O4S2.